The molecule has 0 saturated heterocycles. The number of benzene rings is 3. The molecule has 4 atom stereocenters. The van der Waals surface area contributed by atoms with E-state index in [1.54, 1.807) is 6.92 Å². The summed E-state index contributed by atoms with van der Waals surface area (Å²) in [5.41, 5.74) is 5.46. The van der Waals surface area contributed by atoms with Crippen LogP contribution in [0.15, 0.2) is 78.9 Å². The van der Waals surface area contributed by atoms with Gasteiger partial charge in [-0.3, -0.25) is 4.79 Å². The van der Waals surface area contributed by atoms with Crippen LogP contribution >= 0.6 is 0 Å². The molecule has 214 valence electrons. The van der Waals surface area contributed by atoms with Crippen molar-refractivity contribution in [3.8, 4) is 11.1 Å². The maximum absolute atomic E-state index is 13.3. The second kappa shape index (κ2) is 13.0. The van der Waals surface area contributed by atoms with Gasteiger partial charge in [0.25, 0.3) is 0 Å². The summed E-state index contributed by atoms with van der Waals surface area (Å²) in [5.74, 6) is -2.20. The van der Waals surface area contributed by atoms with Crippen molar-refractivity contribution in [2.24, 2.45) is 5.92 Å². The number of carbonyl (C=O) groups is 3. The highest BCUT2D eigenvalue weighted by molar-refractivity contribution is 5.86. The van der Waals surface area contributed by atoms with Crippen LogP contribution in [0.2, 0.25) is 0 Å². The van der Waals surface area contributed by atoms with Gasteiger partial charge in [0.2, 0.25) is 5.91 Å². The molecule has 2 aliphatic rings. The number of carbonyl (C=O) groups excluding carboxylic acids is 2. The highest BCUT2D eigenvalue weighted by atomic mass is 16.5. The van der Waals surface area contributed by atoms with Gasteiger partial charge >= 0.3 is 12.1 Å². The molecule has 2 amide bonds. The summed E-state index contributed by atoms with van der Waals surface area (Å²) >= 11 is 0. The number of carboxylic acid groups (broad SMARTS) is 1. The van der Waals surface area contributed by atoms with E-state index in [1.165, 1.54) is 0 Å². The molecule has 0 aliphatic heterocycles. The van der Waals surface area contributed by atoms with E-state index in [0.717, 1.165) is 40.7 Å². The molecule has 0 spiro atoms. The number of carboxylic acids is 1. The fraction of sp³-hybridized carbons (Fsp3) is 0.364. The Morgan fingerprint density at radius 2 is 1.49 bits per heavy atom. The number of aliphatic carboxylic acids is 1. The average molecular weight is 557 g/mol. The van der Waals surface area contributed by atoms with Gasteiger partial charge in [-0.05, 0) is 47.6 Å². The predicted molar refractivity (Wildman–Crippen MR) is 154 cm³/mol. The molecule has 2 aliphatic carbocycles. The van der Waals surface area contributed by atoms with E-state index in [0.29, 0.717) is 12.8 Å². The van der Waals surface area contributed by atoms with E-state index in [2.05, 4.69) is 34.9 Å². The highest BCUT2D eigenvalue weighted by Crippen LogP contribution is 2.44. The van der Waals surface area contributed by atoms with Gasteiger partial charge in [0.15, 0.2) is 6.04 Å². The molecular weight excluding hydrogens is 520 g/mol. The Morgan fingerprint density at radius 1 is 0.878 bits per heavy atom. The zero-order valence-corrected chi connectivity index (χ0v) is 23.1. The number of ether oxygens (including phenoxy) is 2. The maximum atomic E-state index is 13.3. The smallest absolute Gasteiger partial charge is 0.407 e. The first-order valence-corrected chi connectivity index (χ1v) is 14.2. The number of hydrogen-bond acceptors (Lipinski definition) is 5. The molecule has 3 aromatic carbocycles. The Morgan fingerprint density at radius 3 is 2.15 bits per heavy atom. The van der Waals surface area contributed by atoms with Gasteiger partial charge in [0.1, 0.15) is 6.61 Å². The van der Waals surface area contributed by atoms with Crippen molar-refractivity contribution in [2.75, 3.05) is 6.61 Å². The molecular formula is C33H36N2O6. The molecule has 5 rings (SSSR count). The summed E-state index contributed by atoms with van der Waals surface area (Å²) in [6, 6.07) is 24.0. The van der Waals surface area contributed by atoms with Gasteiger partial charge in [0.05, 0.1) is 18.6 Å². The Hall–Kier alpha value is -4.17. The van der Waals surface area contributed by atoms with Crippen LogP contribution in [-0.2, 0) is 25.7 Å². The van der Waals surface area contributed by atoms with Crippen molar-refractivity contribution in [3.63, 3.8) is 0 Å². The minimum absolute atomic E-state index is 0.0627. The Kier molecular flexibility index (Phi) is 8.99. The van der Waals surface area contributed by atoms with E-state index in [9.17, 15) is 19.5 Å². The molecule has 8 nitrogen and oxygen atoms in total. The van der Waals surface area contributed by atoms with Gasteiger partial charge in [-0.1, -0.05) is 91.7 Å². The third-order valence-electron chi connectivity index (χ3n) is 8.14. The summed E-state index contributed by atoms with van der Waals surface area (Å²) in [6.07, 6.45) is 1.50. The molecule has 0 bridgehead atoms. The Labute approximate surface area is 240 Å². The van der Waals surface area contributed by atoms with Crippen molar-refractivity contribution < 1.29 is 29.0 Å². The number of alkyl carbamates (subject to hydrolysis) is 1. The summed E-state index contributed by atoms with van der Waals surface area (Å²) < 4.78 is 11.5. The molecule has 8 heteroatoms. The quantitative estimate of drug-likeness (QED) is 0.314. The lowest BCUT2D eigenvalue weighted by Gasteiger charge is -2.32. The normalized spacial score (nSPS) is 19.3. The van der Waals surface area contributed by atoms with Crippen molar-refractivity contribution in [1.29, 1.82) is 0 Å². The number of nitrogens with one attached hydrogen (secondary N) is 2. The second-order valence-corrected chi connectivity index (χ2v) is 10.8. The number of hydrogen-bond donors (Lipinski definition) is 3. The predicted octanol–water partition coefficient (Wildman–Crippen LogP) is 5.26. The highest BCUT2D eigenvalue weighted by Gasteiger charge is 2.36. The number of amides is 2. The Balaban J connectivity index is 1.18. The van der Waals surface area contributed by atoms with Crippen LogP contribution in [-0.4, -0.2) is 47.9 Å². The van der Waals surface area contributed by atoms with E-state index < -0.39 is 42.1 Å². The summed E-state index contributed by atoms with van der Waals surface area (Å²) in [4.78, 5) is 38.3. The first-order chi connectivity index (χ1) is 19.9. The minimum atomic E-state index is -1.22. The zero-order valence-electron chi connectivity index (χ0n) is 23.1. The number of fused-ring (bicyclic) bond motifs is 3. The first-order valence-electron chi connectivity index (χ1n) is 14.2. The monoisotopic (exact) mass is 556 g/mol. The fourth-order valence-electron chi connectivity index (χ4n) is 5.95. The average Bonchev–Trinajstić information content (AvgIpc) is 3.31. The molecule has 0 radical (unpaired) electrons. The fourth-order valence-corrected chi connectivity index (χ4v) is 5.95. The van der Waals surface area contributed by atoms with Crippen LogP contribution < -0.4 is 10.6 Å². The summed E-state index contributed by atoms with van der Waals surface area (Å²) in [6.45, 7) is 2.05. The van der Waals surface area contributed by atoms with E-state index in [1.807, 2.05) is 54.6 Å². The second-order valence-electron chi connectivity index (χ2n) is 10.8. The lowest BCUT2D eigenvalue weighted by atomic mass is 9.83. The number of rotatable bonds is 10. The molecule has 41 heavy (non-hydrogen) atoms. The van der Waals surface area contributed by atoms with E-state index >= 15 is 0 Å². The summed E-state index contributed by atoms with van der Waals surface area (Å²) in [7, 11) is 0. The van der Waals surface area contributed by atoms with Crippen LogP contribution in [0.1, 0.15) is 55.2 Å². The molecule has 3 N–H and O–H groups in total. The Bertz CT molecular complexity index is 1330. The zero-order chi connectivity index (χ0) is 28.8. The largest absolute Gasteiger partial charge is 0.480 e. The lowest BCUT2D eigenvalue weighted by molar-refractivity contribution is -0.147. The van der Waals surface area contributed by atoms with Crippen molar-refractivity contribution in [1.82, 2.24) is 10.6 Å². The van der Waals surface area contributed by atoms with Crippen LogP contribution in [0.25, 0.3) is 11.1 Å². The van der Waals surface area contributed by atoms with Gasteiger partial charge in [-0.25, -0.2) is 9.59 Å². The van der Waals surface area contributed by atoms with E-state index in [-0.39, 0.29) is 19.1 Å². The minimum Gasteiger partial charge on any atom is -0.480 e. The van der Waals surface area contributed by atoms with Crippen molar-refractivity contribution >= 4 is 18.0 Å². The molecule has 0 aromatic heterocycles. The molecule has 1 saturated carbocycles. The lowest BCUT2D eigenvalue weighted by Crippen LogP contribution is -2.54. The van der Waals surface area contributed by atoms with Crippen LogP contribution in [0.5, 0.6) is 0 Å². The van der Waals surface area contributed by atoms with Crippen molar-refractivity contribution in [3.05, 3.63) is 95.6 Å². The van der Waals surface area contributed by atoms with Gasteiger partial charge in [-0.2, -0.15) is 0 Å². The van der Waals surface area contributed by atoms with Crippen LogP contribution in [0.3, 0.4) is 0 Å². The topological polar surface area (TPSA) is 114 Å². The third kappa shape index (κ3) is 6.60. The van der Waals surface area contributed by atoms with Crippen LogP contribution in [0.4, 0.5) is 4.79 Å². The van der Waals surface area contributed by atoms with E-state index in [4.69, 9.17) is 9.47 Å². The third-order valence-corrected chi connectivity index (χ3v) is 8.14. The maximum Gasteiger partial charge on any atom is 0.407 e. The van der Waals surface area contributed by atoms with Crippen molar-refractivity contribution in [2.45, 2.75) is 63.3 Å². The standard InChI is InChI=1S/C33H36N2O6/c1-21(40-19-22-11-3-2-4-12-22)30(32(37)38)35-31(36)27-17-9-10-18-29(27)34-33(39)41-20-28-25-15-7-5-13-23(25)24-14-6-8-16-26(24)28/h2-8,11-16,21,27-30H,9-10,17-20H2,1H3,(H,34,39)(H,35,36)(H,37,38). The SMILES string of the molecule is CC(OCc1ccccc1)C(NC(=O)C1CCCCC1NC(=O)OCC1c2ccccc2-c2ccccc21)C(=O)O. The summed E-state index contributed by atoms with van der Waals surface area (Å²) in [5, 5.41) is 15.4. The van der Waals surface area contributed by atoms with Gasteiger partial charge in [0, 0.05) is 12.0 Å². The molecule has 1 fully saturated rings. The molecule has 0 heterocycles. The van der Waals surface area contributed by atoms with Gasteiger partial charge < -0.3 is 25.2 Å². The molecule has 4 unspecified atom stereocenters. The van der Waals surface area contributed by atoms with Crippen LogP contribution in [0, 0.1) is 5.92 Å². The first kappa shape index (κ1) is 28.4. The van der Waals surface area contributed by atoms with Gasteiger partial charge in [-0.15, -0.1) is 0 Å². The molecule has 3 aromatic rings.